The molecule has 2 fully saturated rings. The number of H-pyrrole nitrogens is 1. The van der Waals surface area contributed by atoms with Gasteiger partial charge in [-0.25, -0.2) is 28.1 Å². The first kappa shape index (κ1) is 27.6. The van der Waals surface area contributed by atoms with Crippen molar-refractivity contribution in [3.63, 3.8) is 0 Å². The number of hydrogen-bond donors (Lipinski definition) is 4. The number of fused-ring (bicyclic) bond motifs is 1. The summed E-state index contributed by atoms with van der Waals surface area (Å²) in [5, 5.41) is 14.8. The van der Waals surface area contributed by atoms with Crippen LogP contribution in [0.25, 0.3) is 11.2 Å². The number of nitrogens with zero attached hydrogens (tertiary/aromatic N) is 4. The van der Waals surface area contributed by atoms with Crippen LogP contribution in [0.2, 0.25) is 0 Å². The van der Waals surface area contributed by atoms with Crippen LogP contribution >= 0.6 is 0 Å². The van der Waals surface area contributed by atoms with Gasteiger partial charge in [0.05, 0.1) is 12.1 Å². The summed E-state index contributed by atoms with van der Waals surface area (Å²) < 4.78 is 30.3. The molecule has 11 nitrogen and oxygen atoms in total. The van der Waals surface area contributed by atoms with Crippen LogP contribution in [0.15, 0.2) is 41.3 Å². The SMILES string of the molecule is O=C(NCCO)N1C[C@H](NC(=O)N2CCC(n3c(=O)[nH]c4ncccc43)CC2)CC[C@@H](c2cccc(F)c2F)C1. The Morgan fingerprint density at radius 1 is 1.02 bits per heavy atom. The second kappa shape index (κ2) is 12.0. The molecule has 13 heteroatoms. The van der Waals surface area contributed by atoms with Crippen molar-refractivity contribution in [1.29, 1.82) is 0 Å². The van der Waals surface area contributed by atoms with Crippen molar-refractivity contribution in [3.05, 3.63) is 64.2 Å². The molecule has 4 N–H and O–H groups in total. The van der Waals surface area contributed by atoms with Gasteiger partial charge in [-0.1, -0.05) is 12.1 Å². The van der Waals surface area contributed by atoms with E-state index in [-0.39, 0.29) is 49.6 Å². The Kier molecular flexibility index (Phi) is 8.29. The van der Waals surface area contributed by atoms with Gasteiger partial charge in [-0.3, -0.25) is 9.55 Å². The van der Waals surface area contributed by atoms with Gasteiger partial charge < -0.3 is 25.5 Å². The number of carbonyl (C=O) groups is 2. The molecule has 40 heavy (non-hydrogen) atoms. The standard InChI is InChI=1S/C27H33F2N7O4/c28-21-4-1-3-20(23(21)29)17-6-7-18(16-35(15-17)25(38)31-11-14-37)32-26(39)34-12-8-19(9-13-34)36-22-5-2-10-30-24(22)33-27(36)40/h1-5,10,17-19,37H,6-9,11-16H2,(H,31,38)(H,32,39)(H,30,33,40)/t17-,18-/m1/s1. The molecule has 0 aliphatic carbocycles. The first-order chi connectivity index (χ1) is 19.4. The summed E-state index contributed by atoms with van der Waals surface area (Å²) in [5.41, 5.74) is 1.23. The van der Waals surface area contributed by atoms with Crippen LogP contribution < -0.4 is 16.3 Å². The second-order valence-corrected chi connectivity index (χ2v) is 10.3. The molecule has 0 radical (unpaired) electrons. The van der Waals surface area contributed by atoms with E-state index in [0.717, 1.165) is 11.6 Å². The highest BCUT2D eigenvalue weighted by atomic mass is 19.2. The number of halogens is 2. The highest BCUT2D eigenvalue weighted by Gasteiger charge is 2.32. The Hall–Kier alpha value is -4.00. The lowest BCUT2D eigenvalue weighted by molar-refractivity contribution is 0.163. The Morgan fingerprint density at radius 3 is 2.60 bits per heavy atom. The minimum atomic E-state index is -0.947. The van der Waals surface area contributed by atoms with Crippen molar-refractivity contribution < 1.29 is 23.5 Å². The van der Waals surface area contributed by atoms with E-state index >= 15 is 0 Å². The molecule has 5 rings (SSSR count). The molecule has 0 spiro atoms. The Morgan fingerprint density at radius 2 is 1.82 bits per heavy atom. The number of imidazole rings is 1. The number of aliphatic hydroxyl groups is 1. The number of aromatic amines is 1. The summed E-state index contributed by atoms with van der Waals surface area (Å²) >= 11 is 0. The van der Waals surface area contributed by atoms with Crippen molar-refractivity contribution in [2.24, 2.45) is 0 Å². The van der Waals surface area contributed by atoms with Gasteiger partial charge >= 0.3 is 17.8 Å². The number of carbonyl (C=O) groups excluding carboxylic acids is 2. The fourth-order valence-electron chi connectivity index (χ4n) is 5.75. The van der Waals surface area contributed by atoms with Gasteiger partial charge in [0.15, 0.2) is 17.3 Å². The number of pyridine rings is 1. The molecule has 4 heterocycles. The van der Waals surface area contributed by atoms with Crippen molar-refractivity contribution in [3.8, 4) is 0 Å². The highest BCUT2D eigenvalue weighted by molar-refractivity contribution is 5.76. The average Bonchev–Trinajstić information content (AvgIpc) is 3.15. The lowest BCUT2D eigenvalue weighted by Gasteiger charge is -2.34. The quantitative estimate of drug-likeness (QED) is 0.382. The van der Waals surface area contributed by atoms with Crippen LogP contribution in [-0.4, -0.2) is 86.9 Å². The molecular formula is C27H33F2N7O4. The third-order valence-corrected chi connectivity index (χ3v) is 7.78. The van der Waals surface area contributed by atoms with Gasteiger partial charge in [0.25, 0.3) is 0 Å². The van der Waals surface area contributed by atoms with Crippen LogP contribution in [0.1, 0.15) is 43.2 Å². The molecule has 3 aromatic rings. The van der Waals surface area contributed by atoms with Crippen molar-refractivity contribution in [1.82, 2.24) is 35.0 Å². The number of aliphatic hydroxyl groups excluding tert-OH is 1. The fraction of sp³-hybridized carbons (Fsp3) is 0.481. The van der Waals surface area contributed by atoms with Gasteiger partial charge in [0, 0.05) is 56.9 Å². The maximum absolute atomic E-state index is 14.6. The number of urea groups is 2. The third kappa shape index (κ3) is 5.79. The van der Waals surface area contributed by atoms with Gasteiger partial charge in [0.1, 0.15) is 0 Å². The topological polar surface area (TPSA) is 136 Å². The predicted molar refractivity (Wildman–Crippen MR) is 143 cm³/mol. The molecular weight excluding hydrogens is 524 g/mol. The lowest BCUT2D eigenvalue weighted by atomic mass is 9.93. The Labute approximate surface area is 229 Å². The summed E-state index contributed by atoms with van der Waals surface area (Å²) in [6.45, 7) is 1.03. The largest absolute Gasteiger partial charge is 0.395 e. The normalized spacial score (nSPS) is 20.4. The number of benzene rings is 1. The van der Waals surface area contributed by atoms with E-state index in [1.807, 2.05) is 6.07 Å². The Balaban J connectivity index is 1.24. The monoisotopic (exact) mass is 557 g/mol. The van der Waals surface area contributed by atoms with Crippen LogP contribution in [0.3, 0.4) is 0 Å². The number of aromatic nitrogens is 3. The molecule has 2 atom stereocenters. The summed E-state index contributed by atoms with van der Waals surface area (Å²) in [5.74, 6) is -2.34. The third-order valence-electron chi connectivity index (χ3n) is 7.78. The number of nitrogens with one attached hydrogen (secondary N) is 3. The molecule has 4 amide bonds. The van der Waals surface area contributed by atoms with E-state index in [2.05, 4.69) is 20.6 Å². The van der Waals surface area contributed by atoms with E-state index in [4.69, 9.17) is 5.11 Å². The molecule has 0 unspecified atom stereocenters. The lowest BCUT2D eigenvalue weighted by Crippen LogP contribution is -2.52. The average molecular weight is 558 g/mol. The maximum Gasteiger partial charge on any atom is 0.327 e. The second-order valence-electron chi connectivity index (χ2n) is 10.3. The molecule has 2 aliphatic heterocycles. The van der Waals surface area contributed by atoms with E-state index in [0.29, 0.717) is 44.4 Å². The van der Waals surface area contributed by atoms with Crippen LogP contribution in [0.4, 0.5) is 18.4 Å². The van der Waals surface area contributed by atoms with Crippen molar-refractivity contribution >= 4 is 23.2 Å². The number of hydrogen-bond acceptors (Lipinski definition) is 5. The molecule has 0 bridgehead atoms. The van der Waals surface area contributed by atoms with E-state index in [9.17, 15) is 23.2 Å². The fourth-order valence-corrected chi connectivity index (χ4v) is 5.75. The number of rotatable bonds is 5. The molecule has 2 aliphatic rings. The molecule has 2 saturated heterocycles. The number of piperidine rings is 1. The van der Waals surface area contributed by atoms with Gasteiger partial charge in [0.2, 0.25) is 0 Å². The first-order valence-corrected chi connectivity index (χ1v) is 13.5. The van der Waals surface area contributed by atoms with Gasteiger partial charge in [-0.15, -0.1) is 0 Å². The van der Waals surface area contributed by atoms with Crippen LogP contribution in [0, 0.1) is 11.6 Å². The maximum atomic E-state index is 14.6. The van der Waals surface area contributed by atoms with Crippen molar-refractivity contribution in [2.75, 3.05) is 39.3 Å². The summed E-state index contributed by atoms with van der Waals surface area (Å²) in [6.07, 6.45) is 3.71. The van der Waals surface area contributed by atoms with E-state index in [1.54, 1.807) is 21.7 Å². The number of amides is 4. The first-order valence-electron chi connectivity index (χ1n) is 13.5. The zero-order valence-electron chi connectivity index (χ0n) is 22.0. The minimum absolute atomic E-state index is 0.0515. The van der Waals surface area contributed by atoms with Crippen LogP contribution in [0.5, 0.6) is 0 Å². The van der Waals surface area contributed by atoms with Crippen LogP contribution in [-0.2, 0) is 0 Å². The van der Waals surface area contributed by atoms with Gasteiger partial charge in [-0.05, 0) is 49.4 Å². The van der Waals surface area contributed by atoms with E-state index in [1.165, 1.54) is 17.0 Å². The van der Waals surface area contributed by atoms with Gasteiger partial charge in [-0.2, -0.15) is 0 Å². The molecule has 0 saturated carbocycles. The summed E-state index contributed by atoms with van der Waals surface area (Å²) in [7, 11) is 0. The molecule has 1 aromatic carbocycles. The van der Waals surface area contributed by atoms with Crippen molar-refractivity contribution in [2.45, 2.75) is 43.7 Å². The zero-order chi connectivity index (χ0) is 28.2. The number of likely N-dealkylation sites (tertiary alicyclic amines) is 2. The molecule has 2 aromatic heterocycles. The Bertz CT molecular complexity index is 1420. The summed E-state index contributed by atoms with van der Waals surface area (Å²) in [6, 6.07) is 6.44. The molecule has 214 valence electrons. The smallest absolute Gasteiger partial charge is 0.327 e. The minimum Gasteiger partial charge on any atom is -0.395 e. The predicted octanol–water partition coefficient (Wildman–Crippen LogP) is 2.30. The summed E-state index contributed by atoms with van der Waals surface area (Å²) in [4.78, 5) is 48.7. The highest BCUT2D eigenvalue weighted by Crippen LogP contribution is 2.30. The zero-order valence-corrected chi connectivity index (χ0v) is 22.0. The van der Waals surface area contributed by atoms with E-state index < -0.39 is 29.6 Å².